The predicted molar refractivity (Wildman–Crippen MR) is 244 cm³/mol. The quantitative estimate of drug-likeness (QED) is 0.127. The number of amides is 3. The van der Waals surface area contributed by atoms with Crippen LogP contribution in [0.3, 0.4) is 0 Å². The van der Waals surface area contributed by atoms with Crippen LogP contribution in [0.5, 0.6) is 0 Å². The van der Waals surface area contributed by atoms with E-state index in [0.29, 0.717) is 42.8 Å². The summed E-state index contributed by atoms with van der Waals surface area (Å²) in [6.45, 7) is 6.58. The molecule has 2 aliphatic rings. The van der Waals surface area contributed by atoms with Gasteiger partial charge in [-0.3, -0.25) is 19.4 Å². The summed E-state index contributed by atoms with van der Waals surface area (Å²) < 4.78 is 38.6. The molecule has 0 spiro atoms. The molecule has 2 atom stereocenters. The normalized spacial score (nSPS) is 16.5. The van der Waals surface area contributed by atoms with Crippen LogP contribution in [0.25, 0.3) is 11.3 Å². The van der Waals surface area contributed by atoms with Crippen LogP contribution in [0.4, 0.5) is 13.2 Å². The largest absolute Gasteiger partial charge is 0.417 e. The van der Waals surface area contributed by atoms with Crippen molar-refractivity contribution < 1.29 is 27.6 Å². The number of likely N-dealkylation sites (tertiary alicyclic amines) is 1. The fourth-order valence-electron chi connectivity index (χ4n) is 8.77. The first-order chi connectivity index (χ1) is 30.9. The number of hydrogen-bond acceptors (Lipinski definition) is 5. The number of carbonyl (C=O) groups is 3. The van der Waals surface area contributed by atoms with E-state index in [1.807, 2.05) is 111 Å². The third-order valence-electron chi connectivity index (χ3n) is 12.7. The second kappa shape index (κ2) is 20.3. The average Bonchev–Trinajstić information content (AvgIpc) is 3.35. The van der Waals surface area contributed by atoms with E-state index in [2.05, 4.69) is 45.2 Å². The van der Waals surface area contributed by atoms with Crippen molar-refractivity contribution in [1.29, 1.82) is 0 Å². The van der Waals surface area contributed by atoms with Crippen molar-refractivity contribution in [2.24, 2.45) is 0 Å². The molecule has 11 heteroatoms. The Labute approximate surface area is 373 Å². The van der Waals surface area contributed by atoms with Gasteiger partial charge in [0.05, 0.1) is 34.2 Å². The number of nitrogens with one attached hydrogen (secondary N) is 3. The number of alkyl halides is 3. The molecule has 3 heterocycles. The molecule has 5 aromatic carbocycles. The zero-order valence-electron chi connectivity index (χ0n) is 36.2. The highest BCUT2D eigenvalue weighted by atomic mass is 19.4. The Morgan fingerprint density at radius 3 is 1.45 bits per heavy atom. The Hall–Kier alpha value is -6.59. The Morgan fingerprint density at radius 2 is 1.03 bits per heavy atom. The lowest BCUT2D eigenvalue weighted by molar-refractivity contribution is -0.137. The number of nitrogens with zero attached hydrogens (tertiary/aromatic N) is 2. The van der Waals surface area contributed by atoms with E-state index in [1.165, 1.54) is 6.07 Å². The van der Waals surface area contributed by atoms with E-state index in [9.17, 15) is 27.6 Å². The van der Waals surface area contributed by atoms with Crippen LogP contribution in [0, 0.1) is 0 Å². The lowest BCUT2D eigenvalue weighted by atomic mass is 9.71. The maximum Gasteiger partial charge on any atom is 0.417 e. The number of piperidine rings is 2. The van der Waals surface area contributed by atoms with Crippen LogP contribution in [0.1, 0.15) is 89.8 Å². The second-order valence-corrected chi connectivity index (χ2v) is 16.7. The van der Waals surface area contributed by atoms with Crippen LogP contribution in [0.15, 0.2) is 164 Å². The van der Waals surface area contributed by atoms with E-state index in [0.717, 1.165) is 60.4 Å². The minimum Gasteiger partial charge on any atom is -0.349 e. The minimum atomic E-state index is -4.45. The van der Waals surface area contributed by atoms with E-state index in [4.69, 9.17) is 0 Å². The predicted octanol–water partition coefficient (Wildman–Crippen LogP) is 10.0. The maximum absolute atomic E-state index is 13.8. The molecule has 64 heavy (non-hydrogen) atoms. The molecule has 0 unspecified atom stereocenters. The lowest BCUT2D eigenvalue weighted by Crippen LogP contribution is -2.53. The first kappa shape index (κ1) is 45.4. The molecular formula is C53H54F3N5O3. The van der Waals surface area contributed by atoms with Crippen molar-refractivity contribution in [1.82, 2.24) is 25.8 Å². The summed E-state index contributed by atoms with van der Waals surface area (Å²) in [6.07, 6.45) is -1.02. The molecule has 2 fully saturated rings. The molecule has 6 aromatic rings. The van der Waals surface area contributed by atoms with Crippen LogP contribution in [-0.4, -0.2) is 53.8 Å². The maximum atomic E-state index is 13.8. The van der Waals surface area contributed by atoms with Gasteiger partial charge in [0.15, 0.2) is 0 Å². The van der Waals surface area contributed by atoms with Crippen molar-refractivity contribution >= 4 is 17.7 Å². The summed E-state index contributed by atoms with van der Waals surface area (Å²) in [4.78, 5) is 46.0. The van der Waals surface area contributed by atoms with Crippen LogP contribution in [-0.2, 0) is 26.6 Å². The topological polar surface area (TPSA) is 103 Å². The molecule has 2 saturated heterocycles. The molecule has 3 N–H and O–H groups in total. The van der Waals surface area contributed by atoms with E-state index in [1.54, 1.807) is 29.2 Å². The minimum absolute atomic E-state index is 0.0131. The fraction of sp³-hybridized carbons (Fsp3) is 0.283. The van der Waals surface area contributed by atoms with Gasteiger partial charge < -0.3 is 20.9 Å². The third kappa shape index (κ3) is 10.4. The molecule has 3 amide bonds. The summed E-state index contributed by atoms with van der Waals surface area (Å²) in [5.74, 6) is -0.0706. The molecular weight excluding hydrogens is 812 g/mol. The molecule has 8 rings (SSSR count). The zero-order chi connectivity index (χ0) is 45.2. The molecule has 1 aromatic heterocycles. The third-order valence-corrected chi connectivity index (χ3v) is 12.7. The Balaban J connectivity index is 0.000000225. The van der Waals surface area contributed by atoms with Crippen molar-refractivity contribution in [3.05, 3.63) is 197 Å². The number of halogens is 3. The summed E-state index contributed by atoms with van der Waals surface area (Å²) >= 11 is 0. The van der Waals surface area contributed by atoms with Gasteiger partial charge in [0.25, 0.3) is 5.91 Å². The van der Waals surface area contributed by atoms with Crippen molar-refractivity contribution in [3.63, 3.8) is 0 Å². The van der Waals surface area contributed by atoms with E-state index < -0.39 is 22.6 Å². The highest BCUT2D eigenvalue weighted by Crippen LogP contribution is 2.38. The average molecular weight is 866 g/mol. The molecule has 0 aliphatic carbocycles. The van der Waals surface area contributed by atoms with Crippen LogP contribution in [0.2, 0.25) is 0 Å². The van der Waals surface area contributed by atoms with Gasteiger partial charge in [-0.25, -0.2) is 0 Å². The zero-order valence-corrected chi connectivity index (χ0v) is 36.2. The highest BCUT2D eigenvalue weighted by Gasteiger charge is 2.44. The van der Waals surface area contributed by atoms with Gasteiger partial charge >= 0.3 is 6.18 Å². The van der Waals surface area contributed by atoms with Crippen LogP contribution < -0.4 is 16.0 Å². The van der Waals surface area contributed by atoms with E-state index in [-0.39, 0.29) is 29.8 Å². The number of carbonyl (C=O) groups excluding carboxylic acids is 3. The van der Waals surface area contributed by atoms with Crippen molar-refractivity contribution in [2.75, 3.05) is 26.2 Å². The molecule has 0 saturated carbocycles. The summed E-state index contributed by atoms with van der Waals surface area (Å²) in [6, 6.07) is 48.7. The monoisotopic (exact) mass is 865 g/mol. The highest BCUT2D eigenvalue weighted by molar-refractivity contribution is 5.95. The van der Waals surface area contributed by atoms with Crippen molar-refractivity contribution in [3.8, 4) is 11.3 Å². The standard InChI is InChI=1S/C33H30F3N3O2.C20H24N2O/c1-23(24-8-4-2-5-9-24)38-31(41)32(27-10-6-3-7-11-27)18-20-39(21-19-32)30(40)26-14-12-25(13-15-26)29-17-16-28(22-37-29)33(34,35)36;1-16(17-8-4-2-5-9-17)22-19(23)20(12-14-21-15-13-20)18-10-6-3-7-11-18/h2-17,22-23H,18-21H2,1H3,(H,38,41);2-11,16,21H,12-15H2,1H3,(H,22,23)/t23-;16-/m00/s1. The number of aromatic nitrogens is 1. The Morgan fingerprint density at radius 1 is 0.594 bits per heavy atom. The first-order valence-corrected chi connectivity index (χ1v) is 21.9. The number of pyridine rings is 1. The van der Waals surface area contributed by atoms with E-state index >= 15 is 0 Å². The molecule has 0 bridgehead atoms. The number of benzene rings is 5. The fourth-order valence-corrected chi connectivity index (χ4v) is 8.77. The summed E-state index contributed by atoms with van der Waals surface area (Å²) in [5, 5.41) is 9.81. The summed E-state index contributed by atoms with van der Waals surface area (Å²) in [7, 11) is 0. The number of rotatable bonds is 10. The van der Waals surface area contributed by atoms with Crippen LogP contribution >= 0.6 is 0 Å². The van der Waals surface area contributed by atoms with Crippen molar-refractivity contribution in [2.45, 2.75) is 68.6 Å². The number of hydrogen-bond donors (Lipinski definition) is 3. The molecule has 0 radical (unpaired) electrons. The van der Waals surface area contributed by atoms with Gasteiger partial charge in [0.2, 0.25) is 11.8 Å². The van der Waals surface area contributed by atoms with Gasteiger partial charge in [-0.2, -0.15) is 13.2 Å². The molecule has 2 aliphatic heterocycles. The van der Waals surface area contributed by atoms with Gasteiger partial charge in [0.1, 0.15) is 0 Å². The SMILES string of the molecule is C[C@H](NC(=O)C1(c2ccccc2)CCN(C(=O)c2ccc(-c3ccc(C(F)(F)F)cn3)cc2)CC1)c1ccccc1.C[C@H](NC(=O)C1(c2ccccc2)CCNCC1)c1ccccc1. The molecule has 8 nitrogen and oxygen atoms in total. The smallest absolute Gasteiger partial charge is 0.349 e. The van der Waals surface area contributed by atoms with Gasteiger partial charge in [-0.05, 0) is 99.1 Å². The Kier molecular flexibility index (Phi) is 14.4. The molecule has 330 valence electrons. The summed E-state index contributed by atoms with van der Waals surface area (Å²) in [5.41, 5.74) is 3.68. The lowest BCUT2D eigenvalue weighted by Gasteiger charge is -2.41. The Bertz CT molecular complexity index is 2440. The van der Waals surface area contributed by atoms with Gasteiger partial charge in [0, 0.05) is 30.4 Å². The van der Waals surface area contributed by atoms with Gasteiger partial charge in [-0.1, -0.05) is 133 Å². The van der Waals surface area contributed by atoms with Gasteiger partial charge in [-0.15, -0.1) is 0 Å². The second-order valence-electron chi connectivity index (χ2n) is 16.7. The first-order valence-electron chi connectivity index (χ1n) is 21.9.